The van der Waals surface area contributed by atoms with Gasteiger partial charge in [0, 0.05) is 0 Å². The third-order valence-electron chi connectivity index (χ3n) is 2.09. The quantitative estimate of drug-likeness (QED) is 0.725. The second kappa shape index (κ2) is 6.64. The Balaban J connectivity index is 0.00000112. The fraction of sp³-hybridized carbons (Fsp3) is 0. The second-order valence-electron chi connectivity index (χ2n) is 3.02. The van der Waals surface area contributed by atoms with Gasteiger partial charge in [-0.1, -0.05) is 24.3 Å². The Bertz CT molecular complexity index is 512. The Morgan fingerprint density at radius 2 is 1.50 bits per heavy atom. The van der Waals surface area contributed by atoms with E-state index in [1.807, 2.05) is 18.2 Å². The van der Waals surface area contributed by atoms with Gasteiger partial charge in [-0.3, -0.25) is 0 Å². The van der Waals surface area contributed by atoms with Gasteiger partial charge < -0.3 is 10.2 Å². The van der Waals surface area contributed by atoms with Crippen molar-refractivity contribution in [1.82, 2.24) is 0 Å². The molecule has 16 heavy (non-hydrogen) atoms. The van der Waals surface area contributed by atoms with Crippen LogP contribution in [0.3, 0.4) is 0 Å². The molecule has 0 bridgehead atoms. The number of benzene rings is 2. The van der Waals surface area contributed by atoms with Crippen molar-refractivity contribution in [2.45, 2.75) is 0 Å². The topological polar surface area (TPSA) is 57.5 Å². The van der Waals surface area contributed by atoms with E-state index in [0.717, 1.165) is 10.8 Å². The molecule has 3 nitrogen and oxygen atoms in total. The SMILES string of the molecule is O=C(O)c1cc2ccccc2cc1O.[NaH].[NaH]. The number of aromatic hydroxyl groups is 1. The maximum absolute atomic E-state index is 10.7. The molecule has 0 fully saturated rings. The van der Waals surface area contributed by atoms with E-state index in [4.69, 9.17) is 5.11 Å². The van der Waals surface area contributed by atoms with Crippen molar-refractivity contribution in [3.8, 4) is 5.75 Å². The van der Waals surface area contributed by atoms with Gasteiger partial charge in [-0.05, 0) is 22.9 Å². The Morgan fingerprint density at radius 1 is 1.00 bits per heavy atom. The predicted octanol–water partition coefficient (Wildman–Crippen LogP) is 0.947. The molecule has 2 N–H and O–H groups in total. The summed E-state index contributed by atoms with van der Waals surface area (Å²) in [7, 11) is 0. The number of hydrogen-bond donors (Lipinski definition) is 2. The standard InChI is InChI=1S/C11H8O3.2Na.2H/c12-10-6-8-4-2-1-3-7(8)5-9(10)11(13)14;;;;/h1-6,12H,(H,13,14);;;;. The van der Waals surface area contributed by atoms with E-state index in [1.54, 1.807) is 6.07 Å². The summed E-state index contributed by atoms with van der Waals surface area (Å²) in [6, 6.07) is 10.2. The first kappa shape index (κ1) is 16.0. The van der Waals surface area contributed by atoms with Gasteiger partial charge in [0.1, 0.15) is 11.3 Å². The number of rotatable bonds is 1. The molecule has 0 radical (unpaired) electrons. The number of carboxylic acids is 1. The second-order valence-corrected chi connectivity index (χ2v) is 3.02. The molecule has 0 aliphatic carbocycles. The van der Waals surface area contributed by atoms with Crippen LogP contribution in [0.25, 0.3) is 10.8 Å². The van der Waals surface area contributed by atoms with Crippen LogP contribution in [0, 0.1) is 0 Å². The van der Waals surface area contributed by atoms with Crippen LogP contribution in [0.2, 0.25) is 0 Å². The molecule has 2 aromatic rings. The molecule has 0 aliphatic rings. The number of carboxylic acid groups (broad SMARTS) is 1. The summed E-state index contributed by atoms with van der Waals surface area (Å²) in [5.74, 6) is -1.32. The number of phenols is 1. The molecule has 0 atom stereocenters. The first-order valence-corrected chi connectivity index (χ1v) is 4.13. The maximum atomic E-state index is 10.7. The van der Waals surface area contributed by atoms with E-state index in [-0.39, 0.29) is 70.4 Å². The molecular formula is C11H10Na2O3. The molecule has 2 rings (SSSR count). The van der Waals surface area contributed by atoms with Gasteiger partial charge in [-0.25, -0.2) is 4.79 Å². The molecule has 0 aromatic heterocycles. The van der Waals surface area contributed by atoms with Crippen LogP contribution >= 0.6 is 0 Å². The van der Waals surface area contributed by atoms with E-state index in [1.165, 1.54) is 12.1 Å². The number of hydrogen-bond acceptors (Lipinski definition) is 2. The summed E-state index contributed by atoms with van der Waals surface area (Å²) < 4.78 is 0. The average molecular weight is 236 g/mol. The van der Waals surface area contributed by atoms with E-state index in [2.05, 4.69) is 0 Å². The van der Waals surface area contributed by atoms with Crippen LogP contribution in [-0.2, 0) is 0 Å². The first-order valence-electron chi connectivity index (χ1n) is 4.13. The fourth-order valence-electron chi connectivity index (χ4n) is 1.40. The van der Waals surface area contributed by atoms with Crippen molar-refractivity contribution in [2.24, 2.45) is 0 Å². The van der Waals surface area contributed by atoms with Crippen LogP contribution in [0.15, 0.2) is 36.4 Å². The van der Waals surface area contributed by atoms with Crippen molar-refractivity contribution in [3.63, 3.8) is 0 Å². The number of aromatic carboxylic acids is 1. The molecule has 0 heterocycles. The van der Waals surface area contributed by atoms with Gasteiger partial charge in [0.15, 0.2) is 0 Å². The fourth-order valence-corrected chi connectivity index (χ4v) is 1.40. The first-order chi connectivity index (χ1) is 6.68. The zero-order valence-electron chi connectivity index (χ0n) is 7.27. The van der Waals surface area contributed by atoms with E-state index >= 15 is 0 Å². The summed E-state index contributed by atoms with van der Waals surface area (Å²) in [5.41, 5.74) is -0.0660. The van der Waals surface area contributed by atoms with Gasteiger partial charge >= 0.3 is 65.1 Å². The summed E-state index contributed by atoms with van der Waals surface area (Å²) in [5, 5.41) is 19.8. The van der Waals surface area contributed by atoms with Gasteiger partial charge in [0.25, 0.3) is 0 Å². The van der Waals surface area contributed by atoms with Gasteiger partial charge in [-0.2, -0.15) is 0 Å². The number of fused-ring (bicyclic) bond motifs is 1. The Labute approximate surface area is 137 Å². The molecule has 0 saturated heterocycles. The molecule has 5 heteroatoms. The minimum atomic E-state index is -1.12. The van der Waals surface area contributed by atoms with Crippen molar-refractivity contribution in [1.29, 1.82) is 0 Å². The third-order valence-corrected chi connectivity index (χ3v) is 2.09. The van der Waals surface area contributed by atoms with Crippen LogP contribution in [-0.4, -0.2) is 75.3 Å². The minimum absolute atomic E-state index is 0. The van der Waals surface area contributed by atoms with Crippen molar-refractivity contribution >= 4 is 75.9 Å². The van der Waals surface area contributed by atoms with E-state index < -0.39 is 5.97 Å². The van der Waals surface area contributed by atoms with Crippen molar-refractivity contribution in [2.75, 3.05) is 0 Å². The van der Waals surface area contributed by atoms with Crippen molar-refractivity contribution in [3.05, 3.63) is 42.0 Å². The van der Waals surface area contributed by atoms with Crippen LogP contribution in [0.4, 0.5) is 0 Å². The molecular weight excluding hydrogens is 226 g/mol. The monoisotopic (exact) mass is 236 g/mol. The summed E-state index contributed by atoms with van der Waals surface area (Å²) >= 11 is 0. The van der Waals surface area contributed by atoms with Crippen LogP contribution in [0.1, 0.15) is 10.4 Å². The van der Waals surface area contributed by atoms with Crippen molar-refractivity contribution < 1.29 is 15.0 Å². The molecule has 0 aliphatic heterocycles. The zero-order chi connectivity index (χ0) is 10.1. The molecule has 74 valence electrons. The molecule has 0 unspecified atom stereocenters. The summed E-state index contributed by atoms with van der Waals surface area (Å²) in [6.07, 6.45) is 0. The number of carbonyl (C=O) groups is 1. The van der Waals surface area contributed by atoms with Crippen LogP contribution in [0.5, 0.6) is 5.75 Å². The summed E-state index contributed by atoms with van der Waals surface area (Å²) in [6.45, 7) is 0. The molecule has 0 amide bonds. The van der Waals surface area contributed by atoms with E-state index in [9.17, 15) is 9.90 Å². The summed E-state index contributed by atoms with van der Waals surface area (Å²) in [4.78, 5) is 10.7. The molecule has 0 saturated carbocycles. The molecule has 2 aromatic carbocycles. The van der Waals surface area contributed by atoms with E-state index in [0.29, 0.717) is 0 Å². The van der Waals surface area contributed by atoms with Gasteiger partial charge in [0.05, 0.1) is 0 Å². The average Bonchev–Trinajstić information content (AvgIpc) is 2.16. The van der Waals surface area contributed by atoms with Gasteiger partial charge in [0.2, 0.25) is 0 Å². The Kier molecular flexibility index (Phi) is 6.63. The normalized spacial score (nSPS) is 9.00. The van der Waals surface area contributed by atoms with Gasteiger partial charge in [-0.15, -0.1) is 0 Å². The third kappa shape index (κ3) is 3.23. The van der Waals surface area contributed by atoms with Crippen LogP contribution < -0.4 is 0 Å². The molecule has 0 spiro atoms. The zero-order valence-corrected chi connectivity index (χ0v) is 7.27. The Hall–Kier alpha value is -0.0300. The Morgan fingerprint density at radius 3 is 2.00 bits per heavy atom. The predicted molar refractivity (Wildman–Crippen MR) is 66.9 cm³/mol.